The first-order chi connectivity index (χ1) is 11.7. The first kappa shape index (κ1) is 16.4. The molecule has 4 nitrogen and oxygen atoms in total. The van der Waals surface area contributed by atoms with Crippen LogP contribution in [0.2, 0.25) is 0 Å². The van der Waals surface area contributed by atoms with E-state index < -0.39 is 0 Å². The van der Waals surface area contributed by atoms with E-state index in [0.29, 0.717) is 19.5 Å². The summed E-state index contributed by atoms with van der Waals surface area (Å²) in [5.41, 5.74) is 3.50. The molecule has 0 N–H and O–H groups in total. The van der Waals surface area contributed by atoms with E-state index in [1.54, 1.807) is 0 Å². The van der Waals surface area contributed by atoms with Crippen LogP contribution >= 0.6 is 0 Å². The third-order valence-corrected chi connectivity index (χ3v) is 4.25. The van der Waals surface area contributed by atoms with Gasteiger partial charge in [0.1, 0.15) is 0 Å². The summed E-state index contributed by atoms with van der Waals surface area (Å²) in [5.74, 6) is 1.71. The van der Waals surface area contributed by atoms with Gasteiger partial charge in [-0.15, -0.1) is 0 Å². The minimum Gasteiger partial charge on any atom is -0.454 e. The van der Waals surface area contributed by atoms with E-state index in [4.69, 9.17) is 9.47 Å². The molecule has 1 aliphatic heterocycles. The van der Waals surface area contributed by atoms with Gasteiger partial charge < -0.3 is 14.4 Å². The summed E-state index contributed by atoms with van der Waals surface area (Å²) in [6, 6.07) is 14.2. The van der Waals surface area contributed by atoms with Crippen molar-refractivity contribution in [1.29, 1.82) is 0 Å². The quantitative estimate of drug-likeness (QED) is 0.813. The highest BCUT2D eigenvalue weighted by Crippen LogP contribution is 2.32. The Morgan fingerprint density at radius 1 is 1.08 bits per heavy atom. The van der Waals surface area contributed by atoms with Gasteiger partial charge >= 0.3 is 0 Å². The number of ether oxygens (including phenoxy) is 2. The Hall–Kier alpha value is -2.49. The Morgan fingerprint density at radius 3 is 2.71 bits per heavy atom. The van der Waals surface area contributed by atoms with Crippen molar-refractivity contribution in [2.75, 3.05) is 13.3 Å². The molecule has 0 aromatic heterocycles. The monoisotopic (exact) mass is 325 g/mol. The van der Waals surface area contributed by atoms with Crippen LogP contribution in [0.4, 0.5) is 0 Å². The Labute approximate surface area is 143 Å². The maximum atomic E-state index is 12.5. The Morgan fingerprint density at radius 2 is 1.92 bits per heavy atom. The van der Waals surface area contributed by atoms with Crippen molar-refractivity contribution in [2.24, 2.45) is 0 Å². The molecule has 2 aromatic carbocycles. The van der Waals surface area contributed by atoms with Gasteiger partial charge in [0.2, 0.25) is 12.7 Å². The molecule has 2 aromatic rings. The van der Waals surface area contributed by atoms with Crippen LogP contribution < -0.4 is 9.47 Å². The second-order valence-corrected chi connectivity index (χ2v) is 6.08. The van der Waals surface area contributed by atoms with Crippen molar-refractivity contribution in [3.63, 3.8) is 0 Å². The fraction of sp³-hybridized carbons (Fsp3) is 0.350. The number of carbonyl (C=O) groups is 1. The number of hydrogen-bond acceptors (Lipinski definition) is 3. The first-order valence-corrected chi connectivity index (χ1v) is 8.37. The van der Waals surface area contributed by atoms with Crippen LogP contribution in [0.15, 0.2) is 42.5 Å². The third kappa shape index (κ3) is 3.88. The van der Waals surface area contributed by atoms with Crippen LogP contribution in [0, 0.1) is 6.92 Å². The zero-order valence-corrected chi connectivity index (χ0v) is 14.2. The van der Waals surface area contributed by atoms with E-state index in [1.807, 2.05) is 36.1 Å². The molecule has 4 heteroatoms. The highest BCUT2D eigenvalue weighted by molar-refractivity contribution is 5.76. The molecule has 0 saturated carbocycles. The van der Waals surface area contributed by atoms with Gasteiger partial charge in [-0.25, -0.2) is 0 Å². The second kappa shape index (κ2) is 7.39. The summed E-state index contributed by atoms with van der Waals surface area (Å²) in [6.07, 6.45) is 1.31. The third-order valence-electron chi connectivity index (χ3n) is 4.25. The summed E-state index contributed by atoms with van der Waals surface area (Å²) < 4.78 is 10.7. The van der Waals surface area contributed by atoms with E-state index in [1.165, 1.54) is 11.1 Å². The number of hydrogen-bond donors (Lipinski definition) is 0. The van der Waals surface area contributed by atoms with Gasteiger partial charge in [-0.05, 0) is 43.5 Å². The molecule has 0 bridgehead atoms. The molecule has 24 heavy (non-hydrogen) atoms. The minimum absolute atomic E-state index is 0.177. The lowest BCUT2D eigenvalue weighted by Crippen LogP contribution is -2.30. The largest absolute Gasteiger partial charge is 0.454 e. The van der Waals surface area contributed by atoms with Crippen molar-refractivity contribution in [3.05, 3.63) is 59.2 Å². The van der Waals surface area contributed by atoms with Gasteiger partial charge in [-0.2, -0.15) is 0 Å². The summed E-state index contributed by atoms with van der Waals surface area (Å²) in [7, 11) is 0. The van der Waals surface area contributed by atoms with Gasteiger partial charge in [0.15, 0.2) is 11.5 Å². The average Bonchev–Trinajstić information content (AvgIpc) is 3.05. The molecule has 3 rings (SSSR count). The van der Waals surface area contributed by atoms with Crippen LogP contribution in [0.25, 0.3) is 0 Å². The van der Waals surface area contributed by atoms with Crippen molar-refractivity contribution in [3.8, 4) is 11.5 Å². The molecular weight excluding hydrogens is 302 g/mol. The lowest BCUT2D eigenvalue weighted by Gasteiger charge is -2.21. The summed E-state index contributed by atoms with van der Waals surface area (Å²) in [5, 5.41) is 0. The number of fused-ring (bicyclic) bond motifs is 1. The second-order valence-electron chi connectivity index (χ2n) is 6.08. The van der Waals surface area contributed by atoms with Crippen molar-refractivity contribution >= 4 is 5.91 Å². The Balaban J connectivity index is 1.60. The van der Waals surface area contributed by atoms with Crippen molar-refractivity contribution in [1.82, 2.24) is 4.90 Å². The fourth-order valence-corrected chi connectivity index (χ4v) is 2.91. The molecule has 1 aliphatic rings. The maximum absolute atomic E-state index is 12.5. The van der Waals surface area contributed by atoms with E-state index in [0.717, 1.165) is 23.5 Å². The van der Waals surface area contributed by atoms with Crippen molar-refractivity contribution in [2.45, 2.75) is 33.2 Å². The molecule has 1 heterocycles. The number of rotatable bonds is 6. The van der Waals surface area contributed by atoms with Crippen LogP contribution in [0.5, 0.6) is 11.5 Å². The van der Waals surface area contributed by atoms with Gasteiger partial charge in [0.25, 0.3) is 0 Å². The maximum Gasteiger partial charge on any atom is 0.231 e. The zero-order chi connectivity index (χ0) is 16.9. The summed E-state index contributed by atoms with van der Waals surface area (Å²) >= 11 is 0. The molecule has 0 radical (unpaired) electrons. The number of amides is 1. The topological polar surface area (TPSA) is 38.8 Å². The predicted molar refractivity (Wildman–Crippen MR) is 93.2 cm³/mol. The number of carbonyl (C=O) groups excluding carboxylic acids is 1. The Kier molecular flexibility index (Phi) is 5.04. The lowest BCUT2D eigenvalue weighted by molar-refractivity contribution is -0.131. The molecule has 126 valence electrons. The minimum atomic E-state index is 0.177. The highest BCUT2D eigenvalue weighted by atomic mass is 16.7. The number of nitrogens with zero attached hydrogens (tertiary/aromatic N) is 1. The molecular formula is C20H23NO3. The van der Waals surface area contributed by atoms with E-state index >= 15 is 0 Å². The van der Waals surface area contributed by atoms with E-state index in [9.17, 15) is 4.79 Å². The van der Waals surface area contributed by atoms with E-state index in [2.05, 4.69) is 25.1 Å². The first-order valence-electron chi connectivity index (χ1n) is 8.37. The predicted octanol–water partition coefficient (Wildman–Crippen LogP) is 3.71. The highest BCUT2D eigenvalue weighted by Gasteiger charge is 2.16. The lowest BCUT2D eigenvalue weighted by atomic mass is 10.1. The average molecular weight is 325 g/mol. The SMILES string of the molecule is CCN(Cc1ccc2c(c1)OCO2)C(=O)CCc1cccc(C)c1. The van der Waals surface area contributed by atoms with Gasteiger partial charge in [0, 0.05) is 19.5 Å². The Bertz CT molecular complexity index is 727. The van der Waals surface area contributed by atoms with Gasteiger partial charge in [0.05, 0.1) is 0 Å². The van der Waals surface area contributed by atoms with Crippen LogP contribution in [0.3, 0.4) is 0 Å². The van der Waals surface area contributed by atoms with Gasteiger partial charge in [-0.1, -0.05) is 35.9 Å². The summed E-state index contributed by atoms with van der Waals surface area (Å²) in [6.45, 7) is 5.65. The van der Waals surface area contributed by atoms with Gasteiger partial charge in [-0.3, -0.25) is 4.79 Å². The zero-order valence-electron chi connectivity index (χ0n) is 14.2. The van der Waals surface area contributed by atoms with Crippen molar-refractivity contribution < 1.29 is 14.3 Å². The molecule has 1 amide bonds. The number of benzene rings is 2. The molecule has 0 saturated heterocycles. The fourth-order valence-electron chi connectivity index (χ4n) is 2.91. The standard InChI is InChI=1S/C20H23NO3/c1-3-21(13-17-7-9-18-19(12-17)24-14-23-18)20(22)10-8-16-6-4-5-15(2)11-16/h4-7,9,11-12H,3,8,10,13-14H2,1-2H3. The van der Waals surface area contributed by atoms with Crippen LogP contribution in [-0.4, -0.2) is 24.1 Å². The van der Waals surface area contributed by atoms with E-state index in [-0.39, 0.29) is 12.7 Å². The van der Waals surface area contributed by atoms with Crippen LogP contribution in [0.1, 0.15) is 30.0 Å². The molecule has 0 unspecified atom stereocenters. The number of aryl methyl sites for hydroxylation is 2. The molecule has 0 atom stereocenters. The molecule has 0 spiro atoms. The smallest absolute Gasteiger partial charge is 0.231 e. The molecule has 0 aliphatic carbocycles. The van der Waals surface area contributed by atoms with Crippen LogP contribution in [-0.2, 0) is 17.8 Å². The normalized spacial score (nSPS) is 12.2. The summed E-state index contributed by atoms with van der Waals surface area (Å²) in [4.78, 5) is 14.4. The molecule has 0 fully saturated rings.